The molecule has 0 spiro atoms. The largest absolute Gasteiger partial charge is 0.493 e. The van der Waals surface area contributed by atoms with E-state index < -0.39 is 0 Å². The van der Waals surface area contributed by atoms with Gasteiger partial charge in [-0.3, -0.25) is 10.1 Å². The summed E-state index contributed by atoms with van der Waals surface area (Å²) in [6, 6.07) is 10.6. The summed E-state index contributed by atoms with van der Waals surface area (Å²) >= 11 is 0. The Morgan fingerprint density at radius 1 is 1.08 bits per heavy atom. The van der Waals surface area contributed by atoms with Crippen LogP contribution in [0.4, 0.5) is 5.69 Å². The third-order valence-corrected chi connectivity index (χ3v) is 3.94. The molecule has 0 heterocycles. The van der Waals surface area contributed by atoms with Crippen LogP contribution < -0.4 is 15.2 Å². The monoisotopic (exact) mass is 366 g/mol. The van der Waals surface area contributed by atoms with Crippen molar-refractivity contribution in [2.75, 3.05) is 20.8 Å². The summed E-state index contributed by atoms with van der Waals surface area (Å²) in [5.41, 5.74) is 8.87. The lowest BCUT2D eigenvalue weighted by atomic mass is 9.96. The number of halogens is 1. The second kappa shape index (κ2) is 9.86. The van der Waals surface area contributed by atoms with Crippen LogP contribution in [0.5, 0.6) is 11.5 Å². The molecule has 2 aromatic carbocycles. The van der Waals surface area contributed by atoms with E-state index in [2.05, 4.69) is 0 Å². The minimum Gasteiger partial charge on any atom is -0.493 e. The number of aryl methyl sites for hydroxylation is 1. The maximum atomic E-state index is 10.9. The Labute approximate surface area is 153 Å². The van der Waals surface area contributed by atoms with E-state index in [0.29, 0.717) is 30.9 Å². The van der Waals surface area contributed by atoms with Crippen molar-refractivity contribution in [2.24, 2.45) is 5.73 Å². The van der Waals surface area contributed by atoms with Crippen molar-refractivity contribution in [3.05, 3.63) is 63.2 Å². The predicted octanol–water partition coefficient (Wildman–Crippen LogP) is 3.32. The molecule has 0 aliphatic heterocycles. The van der Waals surface area contributed by atoms with Gasteiger partial charge in [0.15, 0.2) is 11.5 Å². The highest BCUT2D eigenvalue weighted by Gasteiger charge is 2.15. The molecule has 136 valence electrons. The first-order valence-electron chi connectivity index (χ1n) is 7.76. The smallest absolute Gasteiger partial charge is 0.269 e. The SMILES string of the molecule is COc1ccc(CCN)c(CCc2cccc([N+](=O)[O-])c2)c1OC.Cl. The summed E-state index contributed by atoms with van der Waals surface area (Å²) in [6.07, 6.45) is 2.10. The zero-order valence-corrected chi connectivity index (χ0v) is 15.2. The van der Waals surface area contributed by atoms with Crippen LogP contribution in [0.3, 0.4) is 0 Å². The van der Waals surface area contributed by atoms with Crippen LogP contribution in [0.25, 0.3) is 0 Å². The van der Waals surface area contributed by atoms with Gasteiger partial charge in [0.25, 0.3) is 5.69 Å². The molecule has 7 heteroatoms. The molecule has 0 aliphatic rings. The number of nitro groups is 1. The van der Waals surface area contributed by atoms with E-state index in [1.165, 1.54) is 6.07 Å². The second-order valence-electron chi connectivity index (χ2n) is 5.40. The molecule has 0 bridgehead atoms. The Kier molecular flexibility index (Phi) is 8.18. The Bertz CT molecular complexity index is 722. The van der Waals surface area contributed by atoms with Crippen molar-refractivity contribution in [3.8, 4) is 11.5 Å². The molecule has 0 atom stereocenters. The van der Waals surface area contributed by atoms with Gasteiger partial charge in [-0.1, -0.05) is 18.2 Å². The molecule has 2 N–H and O–H groups in total. The highest BCUT2D eigenvalue weighted by atomic mass is 35.5. The first-order chi connectivity index (χ1) is 11.6. The molecule has 2 rings (SSSR count). The van der Waals surface area contributed by atoms with Crippen molar-refractivity contribution in [1.29, 1.82) is 0 Å². The van der Waals surface area contributed by atoms with Gasteiger partial charge in [0, 0.05) is 17.7 Å². The fraction of sp³-hybridized carbons (Fsp3) is 0.333. The maximum absolute atomic E-state index is 10.9. The highest BCUT2D eigenvalue weighted by Crippen LogP contribution is 2.34. The fourth-order valence-electron chi connectivity index (χ4n) is 2.79. The molecule has 0 radical (unpaired) electrons. The number of hydrogen-bond acceptors (Lipinski definition) is 5. The van der Waals surface area contributed by atoms with E-state index in [-0.39, 0.29) is 23.0 Å². The van der Waals surface area contributed by atoms with E-state index in [9.17, 15) is 10.1 Å². The lowest BCUT2D eigenvalue weighted by Gasteiger charge is -2.17. The summed E-state index contributed by atoms with van der Waals surface area (Å²) < 4.78 is 10.9. The Morgan fingerprint density at radius 2 is 1.84 bits per heavy atom. The third-order valence-electron chi connectivity index (χ3n) is 3.94. The lowest BCUT2D eigenvalue weighted by Crippen LogP contribution is -2.08. The van der Waals surface area contributed by atoms with E-state index in [4.69, 9.17) is 15.2 Å². The van der Waals surface area contributed by atoms with Crippen LogP contribution in [0, 0.1) is 10.1 Å². The number of nitro benzene ring substituents is 1. The summed E-state index contributed by atoms with van der Waals surface area (Å²) in [7, 11) is 3.21. The molecule has 0 amide bonds. The lowest BCUT2D eigenvalue weighted by molar-refractivity contribution is -0.384. The molecule has 2 aromatic rings. The molecule has 0 aromatic heterocycles. The van der Waals surface area contributed by atoms with E-state index in [1.807, 2.05) is 18.2 Å². The van der Waals surface area contributed by atoms with Crippen molar-refractivity contribution >= 4 is 18.1 Å². The molecule has 0 saturated carbocycles. The van der Waals surface area contributed by atoms with E-state index in [1.54, 1.807) is 26.4 Å². The number of nitrogens with two attached hydrogens (primary N) is 1. The molecule has 6 nitrogen and oxygen atoms in total. The normalized spacial score (nSPS) is 10.0. The number of methoxy groups -OCH3 is 2. The predicted molar refractivity (Wildman–Crippen MR) is 100 cm³/mol. The number of rotatable bonds is 8. The van der Waals surface area contributed by atoms with Crippen molar-refractivity contribution in [3.63, 3.8) is 0 Å². The van der Waals surface area contributed by atoms with Gasteiger partial charge in [-0.2, -0.15) is 0 Å². The number of hydrogen-bond donors (Lipinski definition) is 1. The Hall–Kier alpha value is -2.31. The molecular formula is C18H23ClN2O4. The summed E-state index contributed by atoms with van der Waals surface area (Å²) in [6.45, 7) is 0.541. The van der Waals surface area contributed by atoms with Gasteiger partial charge >= 0.3 is 0 Å². The zero-order valence-electron chi connectivity index (χ0n) is 14.4. The topological polar surface area (TPSA) is 87.6 Å². The van der Waals surface area contributed by atoms with Gasteiger partial charge in [-0.25, -0.2) is 0 Å². The first kappa shape index (κ1) is 20.7. The number of non-ortho nitro benzene ring substituents is 1. The maximum Gasteiger partial charge on any atom is 0.269 e. The van der Waals surface area contributed by atoms with E-state index in [0.717, 1.165) is 23.1 Å². The molecule has 0 unspecified atom stereocenters. The summed E-state index contributed by atoms with van der Waals surface area (Å²) in [4.78, 5) is 10.5. The van der Waals surface area contributed by atoms with Crippen LogP contribution in [0.15, 0.2) is 36.4 Å². The van der Waals surface area contributed by atoms with Crippen molar-refractivity contribution < 1.29 is 14.4 Å². The quantitative estimate of drug-likeness (QED) is 0.572. The number of ether oxygens (including phenoxy) is 2. The second-order valence-corrected chi connectivity index (χ2v) is 5.40. The van der Waals surface area contributed by atoms with Gasteiger partial charge in [0.1, 0.15) is 0 Å². The van der Waals surface area contributed by atoms with Gasteiger partial charge < -0.3 is 15.2 Å². The Morgan fingerprint density at radius 3 is 2.44 bits per heavy atom. The molecule has 25 heavy (non-hydrogen) atoms. The van der Waals surface area contributed by atoms with Gasteiger partial charge in [0.05, 0.1) is 19.1 Å². The summed E-state index contributed by atoms with van der Waals surface area (Å²) in [5.74, 6) is 1.38. The average molecular weight is 367 g/mol. The van der Waals surface area contributed by atoms with Crippen LogP contribution in [-0.4, -0.2) is 25.7 Å². The van der Waals surface area contributed by atoms with Crippen molar-refractivity contribution in [1.82, 2.24) is 0 Å². The zero-order chi connectivity index (χ0) is 17.5. The van der Waals surface area contributed by atoms with Crippen LogP contribution in [-0.2, 0) is 19.3 Å². The summed E-state index contributed by atoms with van der Waals surface area (Å²) in [5, 5.41) is 10.9. The first-order valence-corrected chi connectivity index (χ1v) is 7.76. The average Bonchev–Trinajstić information content (AvgIpc) is 2.60. The fourth-order valence-corrected chi connectivity index (χ4v) is 2.79. The van der Waals surface area contributed by atoms with Crippen LogP contribution in [0.1, 0.15) is 16.7 Å². The molecule has 0 fully saturated rings. The number of benzene rings is 2. The molecule has 0 aliphatic carbocycles. The van der Waals surface area contributed by atoms with Gasteiger partial charge in [-0.05, 0) is 43.0 Å². The third kappa shape index (κ3) is 5.08. The highest BCUT2D eigenvalue weighted by molar-refractivity contribution is 5.85. The standard InChI is InChI=1S/C18H22N2O4.ClH/c1-23-17-9-7-14(10-11-19)16(18(17)24-2)8-6-13-4-3-5-15(12-13)20(21)22;/h3-5,7,9,12H,6,8,10-11,19H2,1-2H3;1H. The van der Waals surface area contributed by atoms with E-state index >= 15 is 0 Å². The van der Waals surface area contributed by atoms with Crippen molar-refractivity contribution in [2.45, 2.75) is 19.3 Å². The van der Waals surface area contributed by atoms with Gasteiger partial charge in [-0.15, -0.1) is 12.4 Å². The van der Waals surface area contributed by atoms with Crippen LogP contribution >= 0.6 is 12.4 Å². The van der Waals surface area contributed by atoms with Crippen LogP contribution in [0.2, 0.25) is 0 Å². The molecule has 0 saturated heterocycles. The van der Waals surface area contributed by atoms with Gasteiger partial charge in [0.2, 0.25) is 0 Å². The minimum absolute atomic E-state index is 0. The molecular weight excluding hydrogens is 344 g/mol. The Balaban J connectivity index is 0.00000312. The number of nitrogens with zero attached hydrogens (tertiary/aromatic N) is 1. The minimum atomic E-state index is -0.379.